The van der Waals surface area contributed by atoms with Crippen LogP contribution in [0.15, 0.2) is 42.5 Å². The third-order valence-electron chi connectivity index (χ3n) is 5.25. The molecule has 0 radical (unpaired) electrons. The smallest absolute Gasteiger partial charge is 0.230 e. The van der Waals surface area contributed by atoms with Crippen molar-refractivity contribution >= 4 is 11.6 Å². The Morgan fingerprint density at radius 3 is 2.57 bits per heavy atom. The molecular weight excluding hydrogens is 352 g/mol. The number of fused-ring (bicyclic) bond motifs is 1. The maximum atomic E-state index is 12.9. The van der Waals surface area contributed by atoms with Crippen molar-refractivity contribution in [2.45, 2.75) is 33.1 Å². The number of benzene rings is 2. The predicted molar refractivity (Wildman–Crippen MR) is 113 cm³/mol. The van der Waals surface area contributed by atoms with Gasteiger partial charge in [0.1, 0.15) is 13.2 Å². The molecule has 0 unspecified atom stereocenters. The molecule has 2 aromatic rings. The Hall–Kier alpha value is -2.69. The molecule has 0 fully saturated rings. The van der Waals surface area contributed by atoms with E-state index in [0.29, 0.717) is 25.5 Å². The lowest BCUT2D eigenvalue weighted by molar-refractivity contribution is -0.125. The maximum Gasteiger partial charge on any atom is 0.230 e. The molecule has 1 aliphatic heterocycles. The second kappa shape index (κ2) is 8.55. The SMILES string of the molecule is CCN(CCNC(=O)C(C)(C)c1ccc2c(c1)OCCO2)c1cccc(C)c1. The Morgan fingerprint density at radius 1 is 1.11 bits per heavy atom. The highest BCUT2D eigenvalue weighted by Crippen LogP contribution is 2.35. The van der Waals surface area contributed by atoms with Gasteiger partial charge in [0.2, 0.25) is 5.91 Å². The van der Waals surface area contributed by atoms with Gasteiger partial charge in [0.15, 0.2) is 11.5 Å². The maximum absolute atomic E-state index is 12.9. The second-order valence-corrected chi connectivity index (χ2v) is 7.66. The number of nitrogens with one attached hydrogen (secondary N) is 1. The Bertz CT molecular complexity index is 832. The van der Waals surface area contributed by atoms with Crippen LogP contribution in [0.25, 0.3) is 0 Å². The summed E-state index contributed by atoms with van der Waals surface area (Å²) in [6, 6.07) is 14.2. The summed E-state index contributed by atoms with van der Waals surface area (Å²) in [5, 5.41) is 3.10. The van der Waals surface area contributed by atoms with Crippen molar-refractivity contribution in [3.63, 3.8) is 0 Å². The molecule has 0 bridgehead atoms. The standard InChI is InChI=1S/C23H30N2O3/c1-5-25(19-8-6-7-17(2)15-19)12-11-24-22(26)23(3,4)18-9-10-20-21(16-18)28-14-13-27-20/h6-10,15-16H,5,11-14H2,1-4H3,(H,24,26). The zero-order chi connectivity index (χ0) is 20.1. The number of carbonyl (C=O) groups is 1. The van der Waals surface area contributed by atoms with Gasteiger partial charge in [-0.2, -0.15) is 0 Å². The molecule has 1 heterocycles. The van der Waals surface area contributed by atoms with E-state index in [2.05, 4.69) is 48.3 Å². The van der Waals surface area contributed by atoms with E-state index in [1.165, 1.54) is 11.3 Å². The van der Waals surface area contributed by atoms with E-state index in [0.717, 1.165) is 24.4 Å². The summed E-state index contributed by atoms with van der Waals surface area (Å²) in [5.41, 5.74) is 2.68. The van der Waals surface area contributed by atoms with Gasteiger partial charge in [-0.25, -0.2) is 0 Å². The number of amides is 1. The Balaban J connectivity index is 1.61. The first-order valence-electron chi connectivity index (χ1n) is 9.92. The van der Waals surface area contributed by atoms with E-state index < -0.39 is 5.41 Å². The minimum absolute atomic E-state index is 0.00414. The van der Waals surface area contributed by atoms with Crippen molar-refractivity contribution in [1.29, 1.82) is 0 Å². The zero-order valence-electron chi connectivity index (χ0n) is 17.2. The summed E-state index contributed by atoms with van der Waals surface area (Å²) in [4.78, 5) is 15.2. The quantitative estimate of drug-likeness (QED) is 0.794. The van der Waals surface area contributed by atoms with Crippen LogP contribution >= 0.6 is 0 Å². The van der Waals surface area contributed by atoms with Crippen molar-refractivity contribution in [1.82, 2.24) is 5.32 Å². The Labute approximate surface area is 167 Å². The predicted octanol–water partition coefficient (Wildman–Crippen LogP) is 3.69. The fourth-order valence-electron chi connectivity index (χ4n) is 3.38. The minimum atomic E-state index is -0.657. The summed E-state index contributed by atoms with van der Waals surface area (Å²) in [6.07, 6.45) is 0. The zero-order valence-corrected chi connectivity index (χ0v) is 17.2. The lowest BCUT2D eigenvalue weighted by Gasteiger charge is -2.28. The number of hydrogen-bond acceptors (Lipinski definition) is 4. The molecule has 28 heavy (non-hydrogen) atoms. The van der Waals surface area contributed by atoms with E-state index in [1.807, 2.05) is 32.0 Å². The summed E-state index contributed by atoms with van der Waals surface area (Å²) >= 11 is 0. The summed E-state index contributed by atoms with van der Waals surface area (Å²) in [6.45, 7) is 11.4. The third kappa shape index (κ3) is 4.41. The first kappa shape index (κ1) is 20.1. The van der Waals surface area contributed by atoms with Gasteiger partial charge in [0, 0.05) is 25.3 Å². The van der Waals surface area contributed by atoms with E-state index in [4.69, 9.17) is 9.47 Å². The average molecular weight is 383 g/mol. The van der Waals surface area contributed by atoms with Gasteiger partial charge in [-0.15, -0.1) is 0 Å². The van der Waals surface area contributed by atoms with E-state index in [1.54, 1.807) is 0 Å². The number of nitrogens with zero attached hydrogens (tertiary/aromatic N) is 1. The van der Waals surface area contributed by atoms with Crippen molar-refractivity contribution < 1.29 is 14.3 Å². The van der Waals surface area contributed by atoms with Crippen LogP contribution in [0.5, 0.6) is 11.5 Å². The van der Waals surface area contributed by atoms with Gasteiger partial charge in [-0.05, 0) is 63.1 Å². The fourth-order valence-corrected chi connectivity index (χ4v) is 3.38. The van der Waals surface area contributed by atoms with Gasteiger partial charge in [-0.3, -0.25) is 4.79 Å². The molecular formula is C23H30N2O3. The van der Waals surface area contributed by atoms with Crippen LogP contribution in [-0.4, -0.2) is 38.8 Å². The molecule has 0 spiro atoms. The van der Waals surface area contributed by atoms with E-state index in [-0.39, 0.29) is 5.91 Å². The molecule has 0 atom stereocenters. The summed E-state index contributed by atoms with van der Waals surface area (Å²) in [5.74, 6) is 1.45. The van der Waals surface area contributed by atoms with Crippen LogP contribution in [0.1, 0.15) is 31.9 Å². The van der Waals surface area contributed by atoms with Crippen LogP contribution in [0.4, 0.5) is 5.69 Å². The van der Waals surface area contributed by atoms with Gasteiger partial charge in [0.25, 0.3) is 0 Å². The third-order valence-corrected chi connectivity index (χ3v) is 5.25. The van der Waals surface area contributed by atoms with Crippen LogP contribution < -0.4 is 19.7 Å². The van der Waals surface area contributed by atoms with Crippen molar-refractivity contribution in [2.75, 3.05) is 37.7 Å². The highest BCUT2D eigenvalue weighted by molar-refractivity contribution is 5.87. The number of aryl methyl sites for hydroxylation is 1. The number of likely N-dealkylation sites (N-methyl/N-ethyl adjacent to an activating group) is 1. The molecule has 3 rings (SSSR count). The largest absolute Gasteiger partial charge is 0.486 e. The molecule has 0 aliphatic carbocycles. The van der Waals surface area contributed by atoms with Crippen molar-refractivity contribution in [3.8, 4) is 11.5 Å². The second-order valence-electron chi connectivity index (χ2n) is 7.66. The number of ether oxygens (including phenoxy) is 2. The van der Waals surface area contributed by atoms with Gasteiger partial charge < -0.3 is 19.7 Å². The first-order chi connectivity index (χ1) is 13.4. The van der Waals surface area contributed by atoms with Gasteiger partial charge >= 0.3 is 0 Å². The fraction of sp³-hybridized carbons (Fsp3) is 0.435. The van der Waals surface area contributed by atoms with Gasteiger partial charge in [-0.1, -0.05) is 18.2 Å². The topological polar surface area (TPSA) is 50.8 Å². The first-order valence-corrected chi connectivity index (χ1v) is 9.92. The number of anilines is 1. The molecule has 1 aliphatic rings. The molecule has 150 valence electrons. The van der Waals surface area contributed by atoms with Crippen LogP contribution in [0.2, 0.25) is 0 Å². The van der Waals surface area contributed by atoms with Crippen LogP contribution in [-0.2, 0) is 10.2 Å². The summed E-state index contributed by atoms with van der Waals surface area (Å²) in [7, 11) is 0. The molecule has 1 N–H and O–H groups in total. The number of carbonyl (C=O) groups excluding carboxylic acids is 1. The Kier molecular flexibility index (Phi) is 6.12. The number of rotatable bonds is 7. The molecule has 0 saturated heterocycles. The molecule has 1 amide bonds. The minimum Gasteiger partial charge on any atom is -0.486 e. The summed E-state index contributed by atoms with van der Waals surface area (Å²) < 4.78 is 11.2. The molecule has 2 aromatic carbocycles. The van der Waals surface area contributed by atoms with Gasteiger partial charge in [0.05, 0.1) is 5.41 Å². The molecule has 0 saturated carbocycles. The van der Waals surface area contributed by atoms with E-state index in [9.17, 15) is 4.79 Å². The monoisotopic (exact) mass is 382 g/mol. The highest BCUT2D eigenvalue weighted by Gasteiger charge is 2.31. The lowest BCUT2D eigenvalue weighted by Crippen LogP contribution is -2.43. The van der Waals surface area contributed by atoms with Crippen LogP contribution in [0.3, 0.4) is 0 Å². The van der Waals surface area contributed by atoms with Crippen molar-refractivity contribution in [3.05, 3.63) is 53.6 Å². The normalized spacial score (nSPS) is 13.1. The molecule has 5 heteroatoms. The van der Waals surface area contributed by atoms with Crippen LogP contribution in [0, 0.1) is 6.92 Å². The lowest BCUT2D eigenvalue weighted by atomic mass is 9.83. The Morgan fingerprint density at radius 2 is 1.86 bits per heavy atom. The number of hydrogen-bond donors (Lipinski definition) is 1. The highest BCUT2D eigenvalue weighted by atomic mass is 16.6. The molecule has 5 nitrogen and oxygen atoms in total. The van der Waals surface area contributed by atoms with Crippen molar-refractivity contribution in [2.24, 2.45) is 0 Å². The molecule has 0 aromatic heterocycles. The average Bonchev–Trinajstić information content (AvgIpc) is 2.70. The van der Waals surface area contributed by atoms with E-state index >= 15 is 0 Å².